The summed E-state index contributed by atoms with van der Waals surface area (Å²) >= 11 is 0. The number of aryl methyl sites for hydroxylation is 1. The van der Waals surface area contributed by atoms with Gasteiger partial charge in [0.15, 0.2) is 5.76 Å². The predicted molar refractivity (Wildman–Crippen MR) is 65.9 cm³/mol. The molecule has 0 spiro atoms. The predicted octanol–water partition coefficient (Wildman–Crippen LogP) is 2.11. The number of hydrogen-bond acceptors (Lipinski definition) is 3. The zero-order valence-electron chi connectivity index (χ0n) is 10.9. The summed E-state index contributed by atoms with van der Waals surface area (Å²) in [5, 5.41) is 12.2. The lowest BCUT2D eigenvalue weighted by molar-refractivity contribution is 0.0875. The summed E-state index contributed by atoms with van der Waals surface area (Å²) in [6.07, 6.45) is 1.78. The van der Waals surface area contributed by atoms with Crippen molar-refractivity contribution < 1.29 is 14.3 Å². The summed E-state index contributed by atoms with van der Waals surface area (Å²) < 4.78 is 5.11. The van der Waals surface area contributed by atoms with E-state index in [1.165, 1.54) is 6.26 Å². The van der Waals surface area contributed by atoms with Gasteiger partial charge in [0.2, 0.25) is 0 Å². The molecule has 0 aromatic carbocycles. The number of furan rings is 1. The first-order valence-corrected chi connectivity index (χ1v) is 5.82. The SMILES string of the molecule is Cc1ccoc1C(=O)NCC(C)(C)CC(C)O. The molecule has 1 amide bonds. The Balaban J connectivity index is 2.51. The molecule has 0 saturated carbocycles. The Morgan fingerprint density at radius 3 is 2.71 bits per heavy atom. The first-order valence-electron chi connectivity index (χ1n) is 5.82. The smallest absolute Gasteiger partial charge is 0.287 e. The van der Waals surface area contributed by atoms with Crippen LogP contribution in [-0.4, -0.2) is 23.7 Å². The molecular weight excluding hydrogens is 218 g/mol. The van der Waals surface area contributed by atoms with Crippen LogP contribution in [-0.2, 0) is 0 Å². The van der Waals surface area contributed by atoms with E-state index in [4.69, 9.17) is 4.42 Å². The third-order valence-electron chi connectivity index (χ3n) is 2.64. The number of hydrogen-bond donors (Lipinski definition) is 2. The molecule has 0 aliphatic rings. The lowest BCUT2D eigenvalue weighted by Gasteiger charge is -2.26. The van der Waals surface area contributed by atoms with E-state index in [9.17, 15) is 9.90 Å². The Bertz CT molecular complexity index is 380. The summed E-state index contributed by atoms with van der Waals surface area (Å²) in [5.41, 5.74) is 0.695. The quantitative estimate of drug-likeness (QED) is 0.827. The molecule has 1 unspecified atom stereocenters. The third-order valence-corrected chi connectivity index (χ3v) is 2.64. The van der Waals surface area contributed by atoms with E-state index in [1.54, 1.807) is 13.0 Å². The first-order chi connectivity index (χ1) is 7.82. The van der Waals surface area contributed by atoms with Crippen LogP contribution in [0.5, 0.6) is 0 Å². The normalized spacial score (nSPS) is 13.5. The maximum absolute atomic E-state index is 11.8. The fourth-order valence-corrected chi connectivity index (χ4v) is 1.88. The van der Waals surface area contributed by atoms with Crippen molar-refractivity contribution in [1.29, 1.82) is 0 Å². The van der Waals surface area contributed by atoms with Crippen LogP contribution in [0.2, 0.25) is 0 Å². The van der Waals surface area contributed by atoms with Gasteiger partial charge in [0.25, 0.3) is 5.91 Å². The number of carbonyl (C=O) groups excluding carboxylic acids is 1. The minimum atomic E-state index is -0.368. The fourth-order valence-electron chi connectivity index (χ4n) is 1.88. The Morgan fingerprint density at radius 1 is 1.59 bits per heavy atom. The molecule has 1 atom stereocenters. The van der Waals surface area contributed by atoms with Crippen LogP contribution in [0, 0.1) is 12.3 Å². The van der Waals surface area contributed by atoms with Gasteiger partial charge in [-0.2, -0.15) is 0 Å². The van der Waals surface area contributed by atoms with Crippen molar-refractivity contribution in [3.8, 4) is 0 Å². The average molecular weight is 239 g/mol. The molecule has 0 aliphatic heterocycles. The van der Waals surface area contributed by atoms with Crippen molar-refractivity contribution >= 4 is 5.91 Å². The zero-order valence-corrected chi connectivity index (χ0v) is 10.9. The monoisotopic (exact) mass is 239 g/mol. The van der Waals surface area contributed by atoms with Crippen LogP contribution in [0.3, 0.4) is 0 Å². The highest BCUT2D eigenvalue weighted by Gasteiger charge is 2.22. The molecule has 4 nitrogen and oxygen atoms in total. The molecule has 4 heteroatoms. The van der Waals surface area contributed by atoms with Gasteiger partial charge in [-0.1, -0.05) is 13.8 Å². The molecule has 0 saturated heterocycles. The summed E-state index contributed by atoms with van der Waals surface area (Å²) in [7, 11) is 0. The standard InChI is InChI=1S/C13H21NO3/c1-9-5-6-17-11(9)12(16)14-8-13(3,4)7-10(2)15/h5-6,10,15H,7-8H2,1-4H3,(H,14,16). The molecule has 0 fully saturated rings. The summed E-state index contributed by atoms with van der Waals surface area (Å²) in [6, 6.07) is 1.76. The van der Waals surface area contributed by atoms with E-state index >= 15 is 0 Å². The van der Waals surface area contributed by atoms with Crippen molar-refractivity contribution in [2.45, 2.75) is 40.2 Å². The minimum Gasteiger partial charge on any atom is -0.459 e. The Labute approximate surface area is 102 Å². The van der Waals surface area contributed by atoms with Crippen LogP contribution in [0.1, 0.15) is 43.3 Å². The highest BCUT2D eigenvalue weighted by atomic mass is 16.3. The van der Waals surface area contributed by atoms with Gasteiger partial charge in [0, 0.05) is 12.1 Å². The second-order valence-corrected chi connectivity index (χ2v) is 5.33. The topological polar surface area (TPSA) is 62.5 Å². The molecule has 1 aromatic heterocycles. The van der Waals surface area contributed by atoms with Crippen LogP contribution in [0.25, 0.3) is 0 Å². The molecule has 0 radical (unpaired) electrons. The number of aliphatic hydroxyl groups is 1. The third kappa shape index (κ3) is 4.23. The molecule has 0 aliphatic carbocycles. The summed E-state index contributed by atoms with van der Waals surface area (Å²) in [4.78, 5) is 11.8. The lowest BCUT2D eigenvalue weighted by Crippen LogP contribution is -2.35. The minimum absolute atomic E-state index is 0.135. The van der Waals surface area contributed by atoms with Crippen molar-refractivity contribution in [1.82, 2.24) is 5.32 Å². The highest BCUT2D eigenvalue weighted by Crippen LogP contribution is 2.21. The van der Waals surface area contributed by atoms with Crippen LogP contribution in [0.4, 0.5) is 0 Å². The van der Waals surface area contributed by atoms with Gasteiger partial charge in [-0.25, -0.2) is 0 Å². The number of rotatable bonds is 5. The molecule has 17 heavy (non-hydrogen) atoms. The van der Waals surface area contributed by atoms with Gasteiger partial charge in [-0.05, 0) is 31.7 Å². The largest absolute Gasteiger partial charge is 0.459 e. The lowest BCUT2D eigenvalue weighted by atomic mass is 9.87. The van der Waals surface area contributed by atoms with Crippen LogP contribution < -0.4 is 5.32 Å². The van der Waals surface area contributed by atoms with Gasteiger partial charge in [0.05, 0.1) is 12.4 Å². The van der Waals surface area contributed by atoms with Gasteiger partial charge in [-0.3, -0.25) is 4.79 Å². The number of aliphatic hydroxyl groups excluding tert-OH is 1. The summed E-state index contributed by atoms with van der Waals surface area (Å²) in [5.74, 6) is 0.156. The van der Waals surface area contributed by atoms with E-state index in [2.05, 4.69) is 5.32 Å². The van der Waals surface area contributed by atoms with Gasteiger partial charge >= 0.3 is 0 Å². The fraction of sp³-hybridized carbons (Fsp3) is 0.615. The van der Waals surface area contributed by atoms with E-state index in [-0.39, 0.29) is 17.4 Å². The van der Waals surface area contributed by atoms with E-state index in [0.29, 0.717) is 18.7 Å². The molecule has 0 bridgehead atoms. The molecule has 1 aromatic rings. The summed E-state index contributed by atoms with van der Waals surface area (Å²) in [6.45, 7) is 8.11. The molecule has 96 valence electrons. The molecule has 2 N–H and O–H groups in total. The van der Waals surface area contributed by atoms with Gasteiger partial charge in [0.1, 0.15) is 0 Å². The number of carbonyl (C=O) groups is 1. The van der Waals surface area contributed by atoms with Crippen LogP contribution in [0.15, 0.2) is 16.7 Å². The average Bonchev–Trinajstić information content (AvgIpc) is 2.59. The molecular formula is C13H21NO3. The Hall–Kier alpha value is -1.29. The Kier molecular flexibility index (Phi) is 4.34. The van der Waals surface area contributed by atoms with Gasteiger partial charge in [-0.15, -0.1) is 0 Å². The Morgan fingerprint density at radius 2 is 2.24 bits per heavy atom. The zero-order chi connectivity index (χ0) is 13.1. The van der Waals surface area contributed by atoms with E-state index in [1.807, 2.05) is 20.8 Å². The maximum atomic E-state index is 11.8. The van der Waals surface area contributed by atoms with Crippen molar-refractivity contribution in [2.24, 2.45) is 5.41 Å². The molecule has 1 heterocycles. The van der Waals surface area contributed by atoms with Crippen molar-refractivity contribution in [3.63, 3.8) is 0 Å². The number of nitrogens with one attached hydrogen (secondary N) is 1. The second kappa shape index (κ2) is 5.36. The maximum Gasteiger partial charge on any atom is 0.287 e. The van der Waals surface area contributed by atoms with Crippen LogP contribution >= 0.6 is 0 Å². The number of amides is 1. The van der Waals surface area contributed by atoms with E-state index in [0.717, 1.165) is 5.56 Å². The highest BCUT2D eigenvalue weighted by molar-refractivity contribution is 5.92. The second-order valence-electron chi connectivity index (χ2n) is 5.33. The molecule has 1 rings (SSSR count). The van der Waals surface area contributed by atoms with Crippen molar-refractivity contribution in [3.05, 3.63) is 23.7 Å². The van der Waals surface area contributed by atoms with E-state index < -0.39 is 0 Å². The van der Waals surface area contributed by atoms with Crippen molar-refractivity contribution in [2.75, 3.05) is 6.54 Å². The first kappa shape index (κ1) is 13.8. The van der Waals surface area contributed by atoms with Gasteiger partial charge < -0.3 is 14.8 Å².